The molecule has 4 fully saturated rings. The van der Waals surface area contributed by atoms with E-state index in [-0.39, 0.29) is 5.54 Å². The fourth-order valence-electron chi connectivity index (χ4n) is 6.01. The van der Waals surface area contributed by atoms with Crippen LogP contribution in [0.4, 0.5) is 0 Å². The van der Waals surface area contributed by atoms with E-state index >= 15 is 0 Å². The number of nitrogens with zero attached hydrogens (tertiary/aromatic N) is 5. The Morgan fingerprint density at radius 3 is 1.53 bits per heavy atom. The van der Waals surface area contributed by atoms with Gasteiger partial charge >= 0.3 is 0 Å². The van der Waals surface area contributed by atoms with Gasteiger partial charge < -0.3 is 15.5 Å². The van der Waals surface area contributed by atoms with E-state index in [1.54, 1.807) is 0 Å². The molecule has 0 aromatic carbocycles. The summed E-state index contributed by atoms with van der Waals surface area (Å²) in [6, 6.07) is 2.61. The minimum absolute atomic E-state index is 0.112. The Hall–Kier alpha value is -0.710. The molecule has 30 heavy (non-hydrogen) atoms. The highest BCUT2D eigenvalue weighted by Gasteiger charge is 2.39. The molecule has 2 saturated carbocycles. The van der Waals surface area contributed by atoms with Gasteiger partial charge in [-0.2, -0.15) is 5.26 Å². The smallest absolute Gasteiger partial charge is 0.109 e. The van der Waals surface area contributed by atoms with Crippen LogP contribution in [0, 0.1) is 11.3 Å². The number of likely N-dealkylation sites (N-methyl/N-ethyl adjacent to an activating group) is 2. The largest absolute Gasteiger partial charge is 0.329 e. The van der Waals surface area contributed by atoms with Crippen LogP contribution in [0.25, 0.3) is 0 Å². The first-order valence-corrected chi connectivity index (χ1v) is 12.5. The molecule has 2 aliphatic carbocycles. The van der Waals surface area contributed by atoms with E-state index in [1.807, 2.05) is 0 Å². The molecule has 0 atom stereocenters. The molecule has 172 valence electrons. The van der Waals surface area contributed by atoms with Crippen molar-refractivity contribution in [2.75, 3.05) is 73.0 Å². The maximum atomic E-state index is 9.45. The van der Waals surface area contributed by atoms with Gasteiger partial charge in [0.1, 0.15) is 5.54 Å². The number of nitriles is 1. The molecule has 2 heterocycles. The van der Waals surface area contributed by atoms with Crippen molar-refractivity contribution < 1.29 is 0 Å². The normalized spacial score (nSPS) is 28.9. The minimum atomic E-state index is -0.112. The zero-order valence-electron chi connectivity index (χ0n) is 19.7. The third-order valence-corrected chi connectivity index (χ3v) is 8.34. The molecule has 0 amide bonds. The van der Waals surface area contributed by atoms with Gasteiger partial charge in [-0.15, -0.1) is 0 Å². The molecule has 0 spiro atoms. The molecule has 6 heteroatoms. The van der Waals surface area contributed by atoms with E-state index in [4.69, 9.17) is 5.73 Å². The molecule has 6 nitrogen and oxygen atoms in total. The number of rotatable bonds is 3. The lowest BCUT2D eigenvalue weighted by atomic mass is 9.80. The topological polar surface area (TPSA) is 62.8 Å². The van der Waals surface area contributed by atoms with Gasteiger partial charge in [-0.3, -0.25) is 9.80 Å². The van der Waals surface area contributed by atoms with Crippen molar-refractivity contribution in [3.8, 4) is 6.07 Å². The molecule has 2 saturated heterocycles. The van der Waals surface area contributed by atoms with E-state index in [0.717, 1.165) is 45.6 Å². The standard InChI is InChI=1S/C12H25N3.C12H21N3/c2*1-14-7-9-15(10-8-14)12(11-13)5-3-2-4-6-12/h2-11,13H2,1H3;2-10H2,1H3. The average molecular weight is 419 g/mol. The van der Waals surface area contributed by atoms with E-state index in [1.165, 1.54) is 77.5 Å². The summed E-state index contributed by atoms with van der Waals surface area (Å²) in [6.45, 7) is 10.1. The lowest BCUT2D eigenvalue weighted by Crippen LogP contribution is -2.60. The van der Waals surface area contributed by atoms with Crippen LogP contribution in [-0.4, -0.2) is 104 Å². The second-order valence-electron chi connectivity index (χ2n) is 10.3. The Labute approximate surface area is 185 Å². The van der Waals surface area contributed by atoms with E-state index in [9.17, 15) is 5.26 Å². The highest BCUT2D eigenvalue weighted by atomic mass is 15.3. The van der Waals surface area contributed by atoms with Crippen molar-refractivity contribution >= 4 is 0 Å². The van der Waals surface area contributed by atoms with Crippen molar-refractivity contribution in [3.63, 3.8) is 0 Å². The van der Waals surface area contributed by atoms with E-state index in [0.29, 0.717) is 5.54 Å². The first-order chi connectivity index (χ1) is 14.5. The molecule has 0 radical (unpaired) electrons. The molecule has 4 rings (SSSR count). The van der Waals surface area contributed by atoms with Gasteiger partial charge in [-0.25, -0.2) is 0 Å². The van der Waals surface area contributed by atoms with Crippen LogP contribution < -0.4 is 5.73 Å². The zero-order valence-corrected chi connectivity index (χ0v) is 19.7. The Morgan fingerprint density at radius 2 is 1.10 bits per heavy atom. The first kappa shape index (κ1) is 23.9. The van der Waals surface area contributed by atoms with Crippen molar-refractivity contribution in [1.29, 1.82) is 5.26 Å². The van der Waals surface area contributed by atoms with E-state index in [2.05, 4.69) is 39.8 Å². The van der Waals surface area contributed by atoms with Gasteiger partial charge in [0, 0.05) is 64.4 Å². The Balaban J connectivity index is 0.000000171. The van der Waals surface area contributed by atoms with Gasteiger partial charge in [0.05, 0.1) is 6.07 Å². The summed E-state index contributed by atoms with van der Waals surface area (Å²) >= 11 is 0. The van der Waals surface area contributed by atoms with E-state index < -0.39 is 0 Å². The first-order valence-electron chi connectivity index (χ1n) is 12.5. The summed E-state index contributed by atoms with van der Waals surface area (Å²) in [5.74, 6) is 0. The van der Waals surface area contributed by atoms with Crippen LogP contribution >= 0.6 is 0 Å². The monoisotopic (exact) mass is 418 g/mol. The number of piperazine rings is 2. The van der Waals surface area contributed by atoms with Crippen LogP contribution in [0.3, 0.4) is 0 Å². The lowest BCUT2D eigenvalue weighted by Gasteiger charge is -2.49. The summed E-state index contributed by atoms with van der Waals surface area (Å²) in [5, 5.41) is 9.45. The summed E-state index contributed by atoms with van der Waals surface area (Å²) in [4.78, 5) is 9.88. The highest BCUT2D eigenvalue weighted by Crippen LogP contribution is 2.34. The summed E-state index contributed by atoms with van der Waals surface area (Å²) in [5.41, 5.74) is 6.30. The van der Waals surface area contributed by atoms with Gasteiger partial charge in [-0.1, -0.05) is 38.5 Å². The summed E-state index contributed by atoms with van der Waals surface area (Å²) in [7, 11) is 4.38. The molecule has 2 N–H and O–H groups in total. The predicted octanol–water partition coefficient (Wildman–Crippen LogP) is 2.36. The van der Waals surface area contributed by atoms with Crippen molar-refractivity contribution in [1.82, 2.24) is 19.6 Å². The summed E-state index contributed by atoms with van der Waals surface area (Å²) in [6.07, 6.45) is 12.8. The van der Waals surface area contributed by atoms with Crippen molar-refractivity contribution in [3.05, 3.63) is 0 Å². The second-order valence-corrected chi connectivity index (χ2v) is 10.3. The third kappa shape index (κ3) is 5.75. The molecular formula is C24H46N6. The quantitative estimate of drug-likeness (QED) is 0.759. The van der Waals surface area contributed by atoms with Gasteiger partial charge in [0.15, 0.2) is 0 Å². The van der Waals surface area contributed by atoms with Gasteiger partial charge in [0.25, 0.3) is 0 Å². The van der Waals surface area contributed by atoms with Crippen LogP contribution in [0.2, 0.25) is 0 Å². The minimum Gasteiger partial charge on any atom is -0.329 e. The molecule has 2 aliphatic heterocycles. The SMILES string of the molecule is CN1CCN(C2(C#N)CCCCC2)CC1.CN1CCN(C2(CN)CCCCC2)CC1. The Bertz CT molecular complexity index is 530. The highest BCUT2D eigenvalue weighted by molar-refractivity contribution is 5.10. The van der Waals surface area contributed by atoms with Crippen LogP contribution in [0.5, 0.6) is 0 Å². The molecule has 0 aromatic rings. The average Bonchev–Trinajstić information content (AvgIpc) is 2.81. The number of nitrogens with two attached hydrogens (primary N) is 1. The van der Waals surface area contributed by atoms with Crippen LogP contribution in [0.15, 0.2) is 0 Å². The third-order valence-electron chi connectivity index (χ3n) is 8.34. The molecule has 0 aromatic heterocycles. The van der Waals surface area contributed by atoms with Gasteiger partial charge in [-0.05, 0) is 39.8 Å². The maximum absolute atomic E-state index is 9.45. The predicted molar refractivity (Wildman–Crippen MR) is 124 cm³/mol. The fourth-order valence-corrected chi connectivity index (χ4v) is 6.01. The number of hydrogen-bond donors (Lipinski definition) is 1. The van der Waals surface area contributed by atoms with Gasteiger partial charge in [0.2, 0.25) is 0 Å². The van der Waals surface area contributed by atoms with Crippen LogP contribution in [-0.2, 0) is 0 Å². The zero-order chi connectivity index (χ0) is 21.5. The molecule has 0 unspecified atom stereocenters. The molecular weight excluding hydrogens is 372 g/mol. The fraction of sp³-hybridized carbons (Fsp3) is 0.958. The molecule has 0 bridgehead atoms. The van der Waals surface area contributed by atoms with Crippen molar-refractivity contribution in [2.45, 2.75) is 75.3 Å². The molecule has 4 aliphatic rings. The Kier molecular flexibility index (Phi) is 8.97. The maximum Gasteiger partial charge on any atom is 0.109 e. The second kappa shape index (κ2) is 11.2. The van der Waals surface area contributed by atoms with Crippen LogP contribution in [0.1, 0.15) is 64.2 Å². The summed E-state index contributed by atoms with van der Waals surface area (Å²) < 4.78 is 0. The lowest BCUT2D eigenvalue weighted by molar-refractivity contribution is 0.0194. The van der Waals surface area contributed by atoms with Crippen molar-refractivity contribution in [2.24, 2.45) is 5.73 Å². The Morgan fingerprint density at radius 1 is 0.667 bits per heavy atom. The number of hydrogen-bond acceptors (Lipinski definition) is 6.